The summed E-state index contributed by atoms with van der Waals surface area (Å²) in [6.07, 6.45) is 2.76. The number of hydrogen-bond acceptors (Lipinski definition) is 6. The molecule has 0 amide bonds. The number of aromatic hydroxyl groups is 1. The van der Waals surface area contributed by atoms with E-state index in [9.17, 15) is 5.11 Å². The van der Waals surface area contributed by atoms with Crippen LogP contribution in [-0.2, 0) is 0 Å². The number of benzene rings is 1. The first-order valence-corrected chi connectivity index (χ1v) is 11.8. The number of furan rings is 1. The third-order valence-corrected chi connectivity index (χ3v) is 7.34. The normalized spacial score (nSPS) is 21.0. The van der Waals surface area contributed by atoms with Gasteiger partial charge in [-0.1, -0.05) is 54.5 Å². The number of aromatic nitrogens is 3. The standard InChI is InChI=1S/C22H22Cl2N4O2S/c1-12-8-13(2)11-27(10-12)18(15-6-5-14(23)9-16(15)24)19-21(29)28-22(31-19)25-20(26-28)17-4-3-7-30-17/h3-7,9,12-13,18,29H,8,10-11H2,1-2H3/t12-,13+,18-/m1/s1. The molecule has 0 spiro atoms. The number of thiazole rings is 1. The fourth-order valence-corrected chi connectivity index (χ4v) is 6.21. The monoisotopic (exact) mass is 476 g/mol. The predicted octanol–water partition coefficient (Wildman–Crippen LogP) is 6.13. The topological polar surface area (TPSA) is 66.8 Å². The minimum absolute atomic E-state index is 0.0761. The van der Waals surface area contributed by atoms with Gasteiger partial charge in [0.05, 0.1) is 17.2 Å². The highest BCUT2D eigenvalue weighted by atomic mass is 35.5. The Morgan fingerprint density at radius 2 is 1.97 bits per heavy atom. The highest BCUT2D eigenvalue weighted by molar-refractivity contribution is 7.17. The van der Waals surface area contributed by atoms with Gasteiger partial charge < -0.3 is 9.52 Å². The number of piperidine rings is 1. The Hall–Kier alpha value is -2.06. The molecule has 5 rings (SSSR count). The van der Waals surface area contributed by atoms with E-state index in [0.717, 1.165) is 23.5 Å². The van der Waals surface area contributed by atoms with Crippen molar-refractivity contribution in [2.24, 2.45) is 11.8 Å². The molecule has 1 fully saturated rings. The first-order chi connectivity index (χ1) is 14.9. The second-order valence-corrected chi connectivity index (χ2v) is 10.2. The van der Waals surface area contributed by atoms with E-state index in [1.807, 2.05) is 12.1 Å². The Kier molecular flexibility index (Phi) is 5.46. The molecular weight excluding hydrogens is 455 g/mol. The summed E-state index contributed by atoms with van der Waals surface area (Å²) in [6, 6.07) is 8.91. The second kappa shape index (κ2) is 8.13. The van der Waals surface area contributed by atoms with Crippen molar-refractivity contribution in [3.8, 4) is 17.5 Å². The maximum Gasteiger partial charge on any atom is 0.230 e. The van der Waals surface area contributed by atoms with E-state index in [4.69, 9.17) is 27.6 Å². The van der Waals surface area contributed by atoms with Gasteiger partial charge in [0.1, 0.15) is 0 Å². The molecule has 0 saturated carbocycles. The molecule has 1 aromatic carbocycles. The van der Waals surface area contributed by atoms with Crippen molar-refractivity contribution in [2.75, 3.05) is 13.1 Å². The van der Waals surface area contributed by atoms with Crippen LogP contribution in [0.5, 0.6) is 5.88 Å². The van der Waals surface area contributed by atoms with E-state index in [-0.39, 0.29) is 11.9 Å². The van der Waals surface area contributed by atoms with E-state index < -0.39 is 0 Å². The van der Waals surface area contributed by atoms with Crippen LogP contribution in [0.1, 0.15) is 36.8 Å². The summed E-state index contributed by atoms with van der Waals surface area (Å²) in [6.45, 7) is 6.36. The van der Waals surface area contributed by atoms with Crippen molar-refractivity contribution in [1.82, 2.24) is 19.5 Å². The average molecular weight is 477 g/mol. The Labute approximate surface area is 194 Å². The molecule has 0 bridgehead atoms. The molecule has 1 aliphatic heterocycles. The van der Waals surface area contributed by atoms with Gasteiger partial charge in [-0.15, -0.1) is 5.10 Å². The summed E-state index contributed by atoms with van der Waals surface area (Å²) >= 11 is 14.2. The lowest BCUT2D eigenvalue weighted by Crippen LogP contribution is -2.41. The van der Waals surface area contributed by atoms with Crippen LogP contribution in [0.3, 0.4) is 0 Å². The molecule has 0 unspecified atom stereocenters. The summed E-state index contributed by atoms with van der Waals surface area (Å²) in [5, 5.41) is 16.8. The molecular formula is C22H22Cl2N4O2S. The van der Waals surface area contributed by atoms with Gasteiger partial charge in [0.25, 0.3) is 0 Å². The first-order valence-electron chi connectivity index (χ1n) is 10.2. The molecule has 9 heteroatoms. The second-order valence-electron chi connectivity index (χ2n) is 8.37. The van der Waals surface area contributed by atoms with Gasteiger partial charge in [-0.05, 0) is 48.1 Å². The molecule has 31 heavy (non-hydrogen) atoms. The molecule has 3 aromatic heterocycles. The maximum atomic E-state index is 11.2. The third-order valence-electron chi connectivity index (χ3n) is 5.71. The zero-order valence-corrected chi connectivity index (χ0v) is 19.5. The van der Waals surface area contributed by atoms with Gasteiger partial charge in [-0.3, -0.25) is 4.90 Å². The van der Waals surface area contributed by atoms with Gasteiger partial charge in [0.2, 0.25) is 16.7 Å². The SMILES string of the molecule is C[C@@H]1C[C@H](C)CN([C@H](c2ccc(Cl)cc2Cl)c2sc3nc(-c4ccco4)nn3c2O)C1. The number of rotatable bonds is 4. The molecule has 4 aromatic rings. The molecule has 1 N–H and O–H groups in total. The van der Waals surface area contributed by atoms with Crippen molar-refractivity contribution in [1.29, 1.82) is 0 Å². The minimum atomic E-state index is -0.212. The van der Waals surface area contributed by atoms with Crippen LogP contribution in [0.4, 0.5) is 0 Å². The summed E-state index contributed by atoms with van der Waals surface area (Å²) < 4.78 is 6.88. The van der Waals surface area contributed by atoms with E-state index in [2.05, 4.69) is 28.8 Å². The van der Waals surface area contributed by atoms with Crippen LogP contribution in [0.2, 0.25) is 10.0 Å². The Morgan fingerprint density at radius 3 is 2.61 bits per heavy atom. The van der Waals surface area contributed by atoms with E-state index in [1.54, 1.807) is 24.5 Å². The lowest BCUT2D eigenvalue weighted by atomic mass is 9.89. The molecule has 0 aliphatic carbocycles. The molecule has 4 heterocycles. The fraction of sp³-hybridized carbons (Fsp3) is 0.364. The fourth-order valence-electron chi connectivity index (χ4n) is 4.59. The van der Waals surface area contributed by atoms with Crippen molar-refractivity contribution in [2.45, 2.75) is 26.3 Å². The van der Waals surface area contributed by atoms with Gasteiger partial charge in [0, 0.05) is 23.1 Å². The van der Waals surface area contributed by atoms with Gasteiger partial charge >= 0.3 is 0 Å². The Bertz CT molecular complexity index is 1210. The van der Waals surface area contributed by atoms with Crippen molar-refractivity contribution < 1.29 is 9.52 Å². The molecule has 0 radical (unpaired) electrons. The van der Waals surface area contributed by atoms with Crippen molar-refractivity contribution >= 4 is 39.5 Å². The summed E-state index contributed by atoms with van der Waals surface area (Å²) in [4.78, 5) is 8.34. The van der Waals surface area contributed by atoms with E-state index >= 15 is 0 Å². The van der Waals surface area contributed by atoms with Crippen molar-refractivity contribution in [3.63, 3.8) is 0 Å². The molecule has 6 nitrogen and oxygen atoms in total. The van der Waals surface area contributed by atoms with Crippen LogP contribution in [0.15, 0.2) is 41.0 Å². The van der Waals surface area contributed by atoms with Crippen LogP contribution in [0, 0.1) is 11.8 Å². The van der Waals surface area contributed by atoms with Gasteiger partial charge in [-0.2, -0.15) is 9.50 Å². The number of nitrogens with zero attached hydrogens (tertiary/aromatic N) is 4. The average Bonchev–Trinajstić information content (AvgIpc) is 3.42. The van der Waals surface area contributed by atoms with Gasteiger partial charge in [-0.25, -0.2) is 0 Å². The summed E-state index contributed by atoms with van der Waals surface area (Å²) in [7, 11) is 0. The van der Waals surface area contributed by atoms with Crippen LogP contribution < -0.4 is 0 Å². The van der Waals surface area contributed by atoms with Gasteiger partial charge in [0.15, 0.2) is 5.76 Å². The third kappa shape index (κ3) is 3.84. The highest BCUT2D eigenvalue weighted by Gasteiger charge is 2.35. The maximum absolute atomic E-state index is 11.2. The van der Waals surface area contributed by atoms with Crippen LogP contribution >= 0.6 is 34.5 Å². The Balaban J connectivity index is 1.63. The number of likely N-dealkylation sites (tertiary alicyclic amines) is 1. The molecule has 162 valence electrons. The zero-order chi connectivity index (χ0) is 21.7. The smallest absolute Gasteiger partial charge is 0.230 e. The van der Waals surface area contributed by atoms with E-state index in [1.165, 1.54) is 22.3 Å². The predicted molar refractivity (Wildman–Crippen MR) is 123 cm³/mol. The molecule has 1 saturated heterocycles. The minimum Gasteiger partial charge on any atom is -0.492 e. The van der Waals surface area contributed by atoms with E-state index in [0.29, 0.717) is 38.4 Å². The Morgan fingerprint density at radius 1 is 1.19 bits per heavy atom. The number of halogens is 2. The highest BCUT2D eigenvalue weighted by Crippen LogP contribution is 2.44. The van der Waals surface area contributed by atoms with Crippen LogP contribution in [0.25, 0.3) is 16.5 Å². The largest absolute Gasteiger partial charge is 0.492 e. The first kappa shape index (κ1) is 20.8. The van der Waals surface area contributed by atoms with Crippen LogP contribution in [-0.4, -0.2) is 37.7 Å². The molecule has 1 aliphatic rings. The molecule has 3 atom stereocenters. The number of fused-ring (bicyclic) bond motifs is 1. The van der Waals surface area contributed by atoms with Crippen molar-refractivity contribution in [3.05, 3.63) is 57.1 Å². The zero-order valence-electron chi connectivity index (χ0n) is 17.1. The number of hydrogen-bond donors (Lipinski definition) is 1. The quantitative estimate of drug-likeness (QED) is 0.383. The summed E-state index contributed by atoms with van der Waals surface area (Å²) in [5.74, 6) is 2.18. The lowest BCUT2D eigenvalue weighted by Gasteiger charge is -2.40. The summed E-state index contributed by atoms with van der Waals surface area (Å²) in [5.41, 5.74) is 0.915. The lowest BCUT2D eigenvalue weighted by molar-refractivity contribution is 0.112.